The molecule has 1 aliphatic rings. The lowest BCUT2D eigenvalue weighted by atomic mass is 9.81. The van der Waals surface area contributed by atoms with Crippen LogP contribution in [0.25, 0.3) is 0 Å². The first kappa shape index (κ1) is 22.7. The Labute approximate surface area is 175 Å². The van der Waals surface area contributed by atoms with Crippen LogP contribution in [0.3, 0.4) is 0 Å². The van der Waals surface area contributed by atoms with Crippen LogP contribution in [0.1, 0.15) is 51.2 Å². The molecule has 4 heteroatoms. The van der Waals surface area contributed by atoms with Crippen LogP contribution in [0.5, 0.6) is 5.75 Å². The molecule has 2 atom stereocenters. The molecule has 1 heterocycles. The van der Waals surface area contributed by atoms with Crippen LogP contribution in [-0.4, -0.2) is 31.1 Å². The standard InChI is InChI=1S/C24H32FNO.ClH/c1-5-26-15-14-23(18-6-10-21(25)11-7-18)19(16-26)17-27-22-12-8-20(9-13-22)24(2,3)4;/h6-13,19,23H,5,14-17H2,1-4H3;1H/t19-,23-;/m1./s1. The number of likely N-dealkylation sites (tertiary alicyclic amines) is 1. The number of nitrogens with zero attached hydrogens (tertiary/aromatic N) is 1. The van der Waals surface area contributed by atoms with Crippen molar-refractivity contribution in [2.24, 2.45) is 5.92 Å². The van der Waals surface area contributed by atoms with E-state index in [0.29, 0.717) is 18.4 Å². The summed E-state index contributed by atoms with van der Waals surface area (Å²) in [5, 5.41) is 0. The zero-order valence-electron chi connectivity index (χ0n) is 17.5. The highest BCUT2D eigenvalue weighted by atomic mass is 35.5. The van der Waals surface area contributed by atoms with Crippen LogP contribution in [0.2, 0.25) is 0 Å². The van der Waals surface area contributed by atoms with Gasteiger partial charge >= 0.3 is 0 Å². The highest BCUT2D eigenvalue weighted by molar-refractivity contribution is 5.85. The molecule has 154 valence electrons. The van der Waals surface area contributed by atoms with Gasteiger partial charge in [-0.15, -0.1) is 12.4 Å². The third-order valence-corrected chi connectivity index (χ3v) is 5.75. The van der Waals surface area contributed by atoms with Gasteiger partial charge in [-0.25, -0.2) is 4.39 Å². The van der Waals surface area contributed by atoms with E-state index in [2.05, 4.69) is 56.9 Å². The molecule has 0 spiro atoms. The Bertz CT molecular complexity index is 724. The molecule has 2 aromatic carbocycles. The molecule has 0 aromatic heterocycles. The van der Waals surface area contributed by atoms with Crippen molar-refractivity contribution >= 4 is 12.4 Å². The third kappa shape index (κ3) is 5.71. The Balaban J connectivity index is 0.00000280. The van der Waals surface area contributed by atoms with E-state index < -0.39 is 0 Å². The molecule has 3 rings (SSSR count). The molecular formula is C24H33ClFNO. The number of hydrogen-bond acceptors (Lipinski definition) is 2. The molecule has 0 saturated carbocycles. The number of benzene rings is 2. The van der Waals surface area contributed by atoms with Crippen LogP contribution in [0.4, 0.5) is 4.39 Å². The molecule has 0 amide bonds. The fourth-order valence-corrected chi connectivity index (χ4v) is 3.97. The average Bonchev–Trinajstić information content (AvgIpc) is 2.66. The van der Waals surface area contributed by atoms with Gasteiger partial charge in [-0.2, -0.15) is 0 Å². The molecule has 0 N–H and O–H groups in total. The summed E-state index contributed by atoms with van der Waals surface area (Å²) in [4.78, 5) is 2.48. The predicted molar refractivity (Wildman–Crippen MR) is 117 cm³/mol. The fraction of sp³-hybridized carbons (Fsp3) is 0.500. The Kier molecular flexibility index (Phi) is 7.91. The van der Waals surface area contributed by atoms with Crippen molar-refractivity contribution in [3.8, 4) is 5.75 Å². The maximum absolute atomic E-state index is 13.3. The summed E-state index contributed by atoms with van der Waals surface area (Å²) in [6, 6.07) is 15.5. The van der Waals surface area contributed by atoms with Crippen molar-refractivity contribution in [3.05, 3.63) is 65.5 Å². The van der Waals surface area contributed by atoms with Crippen molar-refractivity contribution in [2.75, 3.05) is 26.2 Å². The molecule has 1 saturated heterocycles. The van der Waals surface area contributed by atoms with Gasteiger partial charge in [-0.1, -0.05) is 52.0 Å². The number of ether oxygens (including phenoxy) is 1. The van der Waals surface area contributed by atoms with E-state index in [4.69, 9.17) is 4.74 Å². The van der Waals surface area contributed by atoms with Gasteiger partial charge in [-0.3, -0.25) is 0 Å². The first-order chi connectivity index (χ1) is 12.9. The van der Waals surface area contributed by atoms with Crippen molar-refractivity contribution in [2.45, 2.75) is 45.4 Å². The minimum atomic E-state index is -0.170. The maximum Gasteiger partial charge on any atom is 0.123 e. The van der Waals surface area contributed by atoms with Gasteiger partial charge in [0.2, 0.25) is 0 Å². The summed E-state index contributed by atoms with van der Waals surface area (Å²) in [6.45, 7) is 12.7. The van der Waals surface area contributed by atoms with E-state index in [9.17, 15) is 4.39 Å². The van der Waals surface area contributed by atoms with Crippen molar-refractivity contribution < 1.29 is 9.13 Å². The second kappa shape index (κ2) is 9.76. The third-order valence-electron chi connectivity index (χ3n) is 5.75. The molecule has 0 bridgehead atoms. The zero-order chi connectivity index (χ0) is 19.4. The summed E-state index contributed by atoms with van der Waals surface area (Å²) >= 11 is 0. The maximum atomic E-state index is 13.3. The molecule has 28 heavy (non-hydrogen) atoms. The van der Waals surface area contributed by atoms with Crippen LogP contribution < -0.4 is 4.74 Å². The van der Waals surface area contributed by atoms with Gasteiger partial charge in [-0.05, 0) is 66.2 Å². The monoisotopic (exact) mass is 405 g/mol. The molecule has 1 fully saturated rings. The highest BCUT2D eigenvalue weighted by Crippen LogP contribution is 2.34. The summed E-state index contributed by atoms with van der Waals surface area (Å²) in [5.41, 5.74) is 2.69. The van der Waals surface area contributed by atoms with Crippen LogP contribution >= 0.6 is 12.4 Å². The van der Waals surface area contributed by atoms with Crippen LogP contribution in [-0.2, 0) is 5.41 Å². The van der Waals surface area contributed by atoms with Gasteiger partial charge < -0.3 is 9.64 Å². The Hall–Kier alpha value is -1.58. The normalized spacial score (nSPS) is 20.5. The minimum Gasteiger partial charge on any atom is -0.493 e. The average molecular weight is 406 g/mol. The lowest BCUT2D eigenvalue weighted by molar-refractivity contribution is 0.115. The van der Waals surface area contributed by atoms with E-state index in [1.54, 1.807) is 12.1 Å². The zero-order valence-corrected chi connectivity index (χ0v) is 18.3. The molecule has 1 aliphatic heterocycles. The topological polar surface area (TPSA) is 12.5 Å². The SMILES string of the molecule is CCN1CC[C@H](c2ccc(F)cc2)[C@@H](COc2ccc(C(C)(C)C)cc2)C1.Cl. The number of hydrogen-bond donors (Lipinski definition) is 0. The van der Waals surface area contributed by atoms with E-state index in [1.165, 1.54) is 11.1 Å². The first-order valence-electron chi connectivity index (χ1n) is 10.1. The van der Waals surface area contributed by atoms with E-state index in [-0.39, 0.29) is 23.6 Å². The largest absolute Gasteiger partial charge is 0.493 e. The van der Waals surface area contributed by atoms with Crippen LogP contribution in [0.15, 0.2) is 48.5 Å². The van der Waals surface area contributed by atoms with Gasteiger partial charge in [0.15, 0.2) is 0 Å². The quantitative estimate of drug-likeness (QED) is 0.600. The van der Waals surface area contributed by atoms with E-state index in [0.717, 1.165) is 31.8 Å². The van der Waals surface area contributed by atoms with Gasteiger partial charge in [0.1, 0.15) is 11.6 Å². The van der Waals surface area contributed by atoms with E-state index in [1.807, 2.05) is 12.1 Å². The number of rotatable bonds is 5. The summed E-state index contributed by atoms with van der Waals surface area (Å²) in [5.74, 6) is 1.58. The first-order valence-corrected chi connectivity index (χ1v) is 10.1. The summed E-state index contributed by atoms with van der Waals surface area (Å²) < 4.78 is 19.5. The number of piperidine rings is 1. The van der Waals surface area contributed by atoms with Crippen LogP contribution in [0, 0.1) is 11.7 Å². The van der Waals surface area contributed by atoms with Gasteiger partial charge in [0.05, 0.1) is 6.61 Å². The molecule has 0 unspecified atom stereocenters. The summed E-state index contributed by atoms with van der Waals surface area (Å²) in [6.07, 6.45) is 1.09. The van der Waals surface area contributed by atoms with Crippen molar-refractivity contribution in [3.63, 3.8) is 0 Å². The van der Waals surface area contributed by atoms with Gasteiger partial charge in [0, 0.05) is 12.5 Å². The number of halogens is 2. The lowest BCUT2D eigenvalue weighted by Crippen LogP contribution is -2.41. The molecular weight excluding hydrogens is 373 g/mol. The second-order valence-electron chi connectivity index (χ2n) is 8.69. The fourth-order valence-electron chi connectivity index (χ4n) is 3.97. The predicted octanol–water partition coefficient (Wildman–Crippen LogP) is 6.05. The lowest BCUT2D eigenvalue weighted by Gasteiger charge is -2.38. The Morgan fingerprint density at radius 1 is 1.04 bits per heavy atom. The second-order valence-corrected chi connectivity index (χ2v) is 8.69. The summed E-state index contributed by atoms with van der Waals surface area (Å²) in [7, 11) is 0. The van der Waals surface area contributed by atoms with Crippen molar-refractivity contribution in [1.29, 1.82) is 0 Å². The molecule has 0 radical (unpaired) electrons. The molecule has 0 aliphatic carbocycles. The molecule has 2 nitrogen and oxygen atoms in total. The smallest absolute Gasteiger partial charge is 0.123 e. The molecule has 2 aromatic rings. The Morgan fingerprint density at radius 3 is 2.25 bits per heavy atom. The van der Waals surface area contributed by atoms with Crippen molar-refractivity contribution in [1.82, 2.24) is 4.90 Å². The minimum absolute atomic E-state index is 0. The highest BCUT2D eigenvalue weighted by Gasteiger charge is 2.30. The Morgan fingerprint density at radius 2 is 1.68 bits per heavy atom. The van der Waals surface area contributed by atoms with Gasteiger partial charge in [0.25, 0.3) is 0 Å². The van der Waals surface area contributed by atoms with E-state index >= 15 is 0 Å².